The number of thiazole rings is 1. The average molecular weight is 512 g/mol. The summed E-state index contributed by atoms with van der Waals surface area (Å²) in [5.41, 5.74) is 2.13. The minimum Gasteiger partial charge on any atom is -0.449 e. The van der Waals surface area contributed by atoms with Gasteiger partial charge in [0.1, 0.15) is 6.54 Å². The van der Waals surface area contributed by atoms with E-state index in [1.54, 1.807) is 11.3 Å². The van der Waals surface area contributed by atoms with Crippen molar-refractivity contribution in [1.29, 1.82) is 0 Å². The molecular formula is C29H55N2O3S+. The monoisotopic (exact) mass is 511 g/mol. The van der Waals surface area contributed by atoms with E-state index < -0.39 is 0 Å². The summed E-state index contributed by atoms with van der Waals surface area (Å²) in [5, 5.41) is 5.13. The third-order valence-corrected chi connectivity index (χ3v) is 7.29. The van der Waals surface area contributed by atoms with Crippen molar-refractivity contribution in [1.82, 2.24) is 5.32 Å². The van der Waals surface area contributed by atoms with Gasteiger partial charge in [-0.2, -0.15) is 4.57 Å². The number of ether oxygens (including phenoxy) is 2. The molecular weight excluding hydrogens is 456 g/mol. The molecule has 0 spiro atoms. The van der Waals surface area contributed by atoms with E-state index in [0.29, 0.717) is 13.2 Å². The number of hydrogen-bond donors (Lipinski definition) is 1. The molecule has 6 heteroatoms. The van der Waals surface area contributed by atoms with Crippen LogP contribution in [0, 0.1) is 0 Å². The minimum atomic E-state index is -0.278. The van der Waals surface area contributed by atoms with Crippen molar-refractivity contribution in [3.63, 3.8) is 0 Å². The van der Waals surface area contributed by atoms with Crippen molar-refractivity contribution in [2.75, 3.05) is 19.8 Å². The Kier molecular flexibility index (Phi) is 22.4. The van der Waals surface area contributed by atoms with Gasteiger partial charge in [0, 0.05) is 32.1 Å². The van der Waals surface area contributed by atoms with Gasteiger partial charge in [-0.25, -0.2) is 4.79 Å². The van der Waals surface area contributed by atoms with Crippen LogP contribution in [-0.2, 0) is 16.0 Å². The first-order chi connectivity index (χ1) is 17.3. The van der Waals surface area contributed by atoms with Crippen LogP contribution in [-0.4, -0.2) is 32.0 Å². The first-order valence-electron chi connectivity index (χ1n) is 14.7. The van der Waals surface area contributed by atoms with Gasteiger partial charge in [-0.05, 0) is 19.3 Å². The van der Waals surface area contributed by atoms with Crippen LogP contribution in [0.25, 0.3) is 0 Å². The average Bonchev–Trinajstić information content (AvgIpc) is 3.38. The highest BCUT2D eigenvalue weighted by molar-refractivity contribution is 7.07. The number of nitrogens with one attached hydrogen (secondary N) is 1. The van der Waals surface area contributed by atoms with E-state index in [9.17, 15) is 4.79 Å². The predicted octanol–water partition coefficient (Wildman–Crippen LogP) is 8.21. The highest BCUT2D eigenvalue weighted by Crippen LogP contribution is 2.14. The van der Waals surface area contributed by atoms with Crippen LogP contribution < -0.4 is 9.88 Å². The lowest BCUT2D eigenvalue weighted by molar-refractivity contribution is -0.692. The maximum Gasteiger partial charge on any atom is 0.407 e. The maximum atomic E-state index is 12.1. The number of nitrogens with zero attached hydrogens (tertiary/aromatic N) is 1. The van der Waals surface area contributed by atoms with Gasteiger partial charge in [-0.15, -0.1) is 0 Å². The Balaban J connectivity index is 1.84. The molecule has 0 fully saturated rings. The number of alkyl carbamates (subject to hydrolysis) is 1. The molecule has 0 aliphatic rings. The fourth-order valence-electron chi connectivity index (χ4n) is 4.31. The number of rotatable bonds is 25. The number of carbonyl (C=O) groups excluding carboxylic acids is 1. The zero-order chi connectivity index (χ0) is 25.2. The second kappa shape index (κ2) is 24.5. The number of unbranched alkanes of at least 4 members (excludes halogenated alkanes) is 13. The summed E-state index contributed by atoms with van der Waals surface area (Å²) >= 11 is 1.72. The number of amides is 1. The molecule has 204 valence electrons. The van der Waals surface area contributed by atoms with Gasteiger partial charge < -0.3 is 14.8 Å². The minimum absolute atomic E-state index is 0.229. The molecule has 1 aromatic heterocycles. The van der Waals surface area contributed by atoms with Crippen molar-refractivity contribution < 1.29 is 18.8 Å². The molecule has 1 amide bonds. The summed E-state index contributed by atoms with van der Waals surface area (Å²) in [6.45, 7) is 7.31. The molecule has 1 heterocycles. The summed E-state index contributed by atoms with van der Waals surface area (Å²) in [6.07, 6.45) is 24.6. The van der Waals surface area contributed by atoms with Gasteiger partial charge in [-0.1, -0.05) is 109 Å². The second-order valence-corrected chi connectivity index (χ2v) is 10.6. The van der Waals surface area contributed by atoms with E-state index in [1.165, 1.54) is 83.5 Å². The van der Waals surface area contributed by atoms with Gasteiger partial charge >= 0.3 is 6.09 Å². The molecule has 0 aliphatic heterocycles. The van der Waals surface area contributed by atoms with E-state index in [2.05, 4.69) is 40.8 Å². The Morgan fingerprint density at radius 1 is 0.800 bits per heavy atom. The van der Waals surface area contributed by atoms with Crippen LogP contribution in [0.5, 0.6) is 0 Å². The lowest BCUT2D eigenvalue weighted by Crippen LogP contribution is -2.35. The van der Waals surface area contributed by atoms with E-state index >= 15 is 0 Å². The van der Waals surface area contributed by atoms with Crippen molar-refractivity contribution in [2.45, 2.75) is 142 Å². The molecule has 0 radical (unpaired) electrons. The third-order valence-electron chi connectivity index (χ3n) is 6.62. The van der Waals surface area contributed by atoms with Gasteiger partial charge in [0.05, 0.1) is 12.0 Å². The molecule has 1 rings (SSSR count). The van der Waals surface area contributed by atoms with Crippen LogP contribution in [0.1, 0.15) is 129 Å². The fraction of sp³-hybridized carbons (Fsp3) is 0.862. The molecule has 1 aromatic rings. The largest absolute Gasteiger partial charge is 0.449 e. The number of aromatic nitrogens is 1. The Hall–Kier alpha value is -1.14. The first-order valence-corrected chi connectivity index (χ1v) is 15.6. The molecule has 5 nitrogen and oxygen atoms in total. The highest BCUT2D eigenvalue weighted by atomic mass is 32.1. The molecule has 35 heavy (non-hydrogen) atoms. The topological polar surface area (TPSA) is 51.4 Å². The van der Waals surface area contributed by atoms with Gasteiger partial charge in [0.25, 0.3) is 0 Å². The maximum absolute atomic E-state index is 12.1. The predicted molar refractivity (Wildman–Crippen MR) is 148 cm³/mol. The number of hydrogen-bond acceptors (Lipinski definition) is 4. The Morgan fingerprint density at radius 2 is 1.43 bits per heavy atom. The molecule has 0 saturated heterocycles. The highest BCUT2D eigenvalue weighted by Gasteiger charge is 2.11. The van der Waals surface area contributed by atoms with Crippen molar-refractivity contribution in [2.24, 2.45) is 0 Å². The van der Waals surface area contributed by atoms with Crippen LogP contribution in [0.2, 0.25) is 0 Å². The molecule has 0 bridgehead atoms. The van der Waals surface area contributed by atoms with E-state index in [-0.39, 0.29) is 12.1 Å². The lowest BCUT2D eigenvalue weighted by Gasteiger charge is -2.16. The van der Waals surface area contributed by atoms with Gasteiger partial charge in [0.15, 0.2) is 6.20 Å². The number of aryl methyl sites for hydroxylation is 1. The molecule has 1 N–H and O–H groups in total. The van der Waals surface area contributed by atoms with Gasteiger partial charge in [-0.3, -0.25) is 0 Å². The third kappa shape index (κ3) is 20.7. The Morgan fingerprint density at radius 3 is 2.03 bits per heavy atom. The molecule has 0 saturated carbocycles. The van der Waals surface area contributed by atoms with Crippen molar-refractivity contribution in [3.05, 3.63) is 17.1 Å². The van der Waals surface area contributed by atoms with Crippen LogP contribution in [0.3, 0.4) is 0 Å². The zero-order valence-electron chi connectivity index (χ0n) is 22.9. The SMILES string of the molecule is CCCCCCCCCCCCCCCC(CC)NC(=O)OCCCOCCCC[n+]1ccsc1. The normalized spacial score (nSPS) is 12.1. The lowest BCUT2D eigenvalue weighted by atomic mass is 10.0. The quantitative estimate of drug-likeness (QED) is 0.106. The van der Waals surface area contributed by atoms with E-state index in [4.69, 9.17) is 9.47 Å². The summed E-state index contributed by atoms with van der Waals surface area (Å²) in [6, 6.07) is 0.229. The van der Waals surface area contributed by atoms with Gasteiger partial charge in [0.2, 0.25) is 5.51 Å². The van der Waals surface area contributed by atoms with E-state index in [1.807, 2.05) is 0 Å². The molecule has 1 atom stereocenters. The molecule has 0 aliphatic carbocycles. The summed E-state index contributed by atoms with van der Waals surface area (Å²) in [7, 11) is 0. The summed E-state index contributed by atoms with van der Waals surface area (Å²) in [5.74, 6) is 0. The van der Waals surface area contributed by atoms with E-state index in [0.717, 1.165) is 45.3 Å². The smallest absolute Gasteiger partial charge is 0.407 e. The molecule has 1 unspecified atom stereocenters. The first kappa shape index (κ1) is 31.9. The van der Waals surface area contributed by atoms with Crippen LogP contribution in [0.15, 0.2) is 17.1 Å². The zero-order valence-corrected chi connectivity index (χ0v) is 23.8. The van der Waals surface area contributed by atoms with Crippen molar-refractivity contribution >= 4 is 17.4 Å². The fourth-order valence-corrected chi connectivity index (χ4v) is 4.94. The summed E-state index contributed by atoms with van der Waals surface area (Å²) in [4.78, 5) is 12.1. The Bertz CT molecular complexity index is 568. The van der Waals surface area contributed by atoms with Crippen molar-refractivity contribution in [3.8, 4) is 0 Å². The standard InChI is InChI=1S/C29H54N2O3S/c1-3-5-6-7-8-9-10-11-12-13-14-15-16-20-28(4-2)30-29(32)34-25-19-24-33-23-18-17-21-31-22-26-35-27-31/h22,26-28H,3-21,23-25H2,1-2H3/p+1. The van der Waals surface area contributed by atoms with Crippen LogP contribution >= 0.6 is 11.3 Å². The molecule has 0 aromatic carbocycles. The summed E-state index contributed by atoms with van der Waals surface area (Å²) < 4.78 is 13.2. The second-order valence-electron chi connectivity index (χ2n) is 9.85. The van der Waals surface area contributed by atoms with Crippen LogP contribution in [0.4, 0.5) is 4.79 Å². The Labute approximate surface area is 220 Å². The number of carbonyl (C=O) groups is 1.